The van der Waals surface area contributed by atoms with Crippen LogP contribution in [0.25, 0.3) is 0 Å². The molecule has 0 saturated heterocycles. The van der Waals surface area contributed by atoms with Crippen molar-refractivity contribution in [2.45, 2.75) is 32.9 Å². The van der Waals surface area contributed by atoms with Gasteiger partial charge in [0, 0.05) is 11.2 Å². The largest absolute Gasteiger partial charge is 0.433 e. The van der Waals surface area contributed by atoms with Crippen LogP contribution in [0.1, 0.15) is 20.8 Å². The highest BCUT2D eigenvalue weighted by molar-refractivity contribution is 6.32. The van der Waals surface area contributed by atoms with Crippen LogP contribution in [-0.2, 0) is 0 Å². The van der Waals surface area contributed by atoms with Crippen molar-refractivity contribution in [2.24, 2.45) is 0 Å². The highest BCUT2D eigenvalue weighted by Gasteiger charge is 2.14. The number of alkyl halides is 2. The van der Waals surface area contributed by atoms with Crippen molar-refractivity contribution < 1.29 is 18.3 Å². The van der Waals surface area contributed by atoms with Crippen LogP contribution in [0.15, 0.2) is 18.2 Å². The lowest BCUT2D eigenvalue weighted by Crippen LogP contribution is -2.43. The van der Waals surface area contributed by atoms with Crippen LogP contribution in [0, 0.1) is 0 Å². The van der Waals surface area contributed by atoms with Crippen molar-refractivity contribution in [1.29, 1.82) is 0 Å². The lowest BCUT2D eigenvalue weighted by molar-refractivity contribution is -0.0497. The van der Waals surface area contributed by atoms with Gasteiger partial charge in [-0.15, -0.1) is 0 Å². The number of benzene rings is 1. The van der Waals surface area contributed by atoms with Gasteiger partial charge in [-0.2, -0.15) is 8.78 Å². The summed E-state index contributed by atoms with van der Waals surface area (Å²) in [6, 6.07) is 3.61. The van der Waals surface area contributed by atoms with Crippen molar-refractivity contribution in [2.75, 3.05) is 5.32 Å². The average molecular weight is 293 g/mol. The van der Waals surface area contributed by atoms with Crippen LogP contribution in [0.5, 0.6) is 5.75 Å². The Morgan fingerprint density at radius 1 is 1.37 bits per heavy atom. The van der Waals surface area contributed by atoms with E-state index in [9.17, 15) is 13.6 Å². The van der Waals surface area contributed by atoms with Gasteiger partial charge in [-0.1, -0.05) is 11.6 Å². The molecule has 0 aliphatic rings. The number of ether oxygens (including phenoxy) is 1. The minimum atomic E-state index is -2.94. The van der Waals surface area contributed by atoms with Gasteiger partial charge >= 0.3 is 12.6 Å². The number of hydrogen-bond acceptors (Lipinski definition) is 2. The molecule has 19 heavy (non-hydrogen) atoms. The molecule has 0 atom stereocenters. The molecule has 1 aromatic rings. The standard InChI is InChI=1S/C12H15ClF2N2O2/c1-12(2,3)17-11(18)16-7-4-5-9(8(13)6-7)19-10(14)15/h4-6,10H,1-3H3,(H2,16,17,18). The number of anilines is 1. The summed E-state index contributed by atoms with van der Waals surface area (Å²) >= 11 is 5.76. The summed E-state index contributed by atoms with van der Waals surface area (Å²) in [6.07, 6.45) is 0. The number of nitrogens with one attached hydrogen (secondary N) is 2. The molecule has 1 rings (SSSR count). The number of carbonyl (C=O) groups excluding carboxylic acids is 1. The Morgan fingerprint density at radius 2 is 2.00 bits per heavy atom. The Morgan fingerprint density at radius 3 is 2.47 bits per heavy atom. The quantitative estimate of drug-likeness (QED) is 0.889. The first-order valence-corrected chi connectivity index (χ1v) is 5.89. The molecule has 7 heteroatoms. The Kier molecular flexibility index (Phi) is 4.94. The zero-order valence-electron chi connectivity index (χ0n) is 10.8. The van der Waals surface area contributed by atoms with E-state index in [0.717, 1.165) is 0 Å². The number of halogens is 3. The molecule has 0 fully saturated rings. The second-order valence-corrected chi connectivity index (χ2v) is 5.26. The molecule has 106 valence electrons. The first-order chi connectivity index (χ1) is 8.67. The average Bonchev–Trinajstić information content (AvgIpc) is 2.18. The van der Waals surface area contributed by atoms with Crippen LogP contribution < -0.4 is 15.4 Å². The third-order valence-corrected chi connectivity index (χ3v) is 2.19. The molecule has 0 aliphatic carbocycles. The Hall–Kier alpha value is -1.56. The van der Waals surface area contributed by atoms with Crippen molar-refractivity contribution in [3.63, 3.8) is 0 Å². The van der Waals surface area contributed by atoms with Crippen molar-refractivity contribution in [3.8, 4) is 5.75 Å². The topological polar surface area (TPSA) is 50.4 Å². The molecular weight excluding hydrogens is 278 g/mol. The van der Waals surface area contributed by atoms with E-state index in [4.69, 9.17) is 11.6 Å². The number of urea groups is 1. The van der Waals surface area contributed by atoms with E-state index in [1.807, 2.05) is 20.8 Å². The lowest BCUT2D eigenvalue weighted by atomic mass is 10.1. The highest BCUT2D eigenvalue weighted by Crippen LogP contribution is 2.28. The number of carbonyl (C=O) groups is 1. The van der Waals surface area contributed by atoms with Gasteiger partial charge in [-0.3, -0.25) is 0 Å². The van der Waals surface area contributed by atoms with Gasteiger partial charge in [0.1, 0.15) is 5.75 Å². The number of hydrogen-bond donors (Lipinski definition) is 2. The predicted octanol–water partition coefficient (Wildman–Crippen LogP) is 3.86. The first-order valence-electron chi connectivity index (χ1n) is 5.51. The molecule has 0 heterocycles. The zero-order valence-corrected chi connectivity index (χ0v) is 11.5. The third kappa shape index (κ3) is 5.74. The van der Waals surface area contributed by atoms with Gasteiger partial charge in [-0.05, 0) is 39.0 Å². The Bertz CT molecular complexity index is 462. The molecule has 0 saturated carbocycles. The summed E-state index contributed by atoms with van der Waals surface area (Å²) in [6.45, 7) is 2.55. The van der Waals surface area contributed by atoms with Crippen LogP contribution in [0.4, 0.5) is 19.3 Å². The molecule has 0 aromatic heterocycles. The number of amides is 2. The van der Waals surface area contributed by atoms with Gasteiger partial charge < -0.3 is 15.4 Å². The predicted molar refractivity (Wildman–Crippen MR) is 70.0 cm³/mol. The Balaban J connectivity index is 2.71. The van der Waals surface area contributed by atoms with E-state index in [0.29, 0.717) is 5.69 Å². The zero-order chi connectivity index (χ0) is 14.6. The summed E-state index contributed by atoms with van der Waals surface area (Å²) in [4.78, 5) is 11.6. The SMILES string of the molecule is CC(C)(C)NC(=O)Nc1ccc(OC(F)F)c(Cl)c1. The number of rotatable bonds is 3. The normalized spacial score (nSPS) is 11.3. The van der Waals surface area contributed by atoms with E-state index in [2.05, 4.69) is 15.4 Å². The maximum absolute atomic E-state index is 12.0. The summed E-state index contributed by atoms with van der Waals surface area (Å²) in [7, 11) is 0. The minimum Gasteiger partial charge on any atom is -0.433 e. The van der Waals surface area contributed by atoms with E-state index < -0.39 is 12.6 Å². The maximum atomic E-state index is 12.0. The molecule has 4 nitrogen and oxygen atoms in total. The molecule has 1 aromatic carbocycles. The summed E-state index contributed by atoms with van der Waals surface area (Å²) < 4.78 is 28.3. The summed E-state index contributed by atoms with van der Waals surface area (Å²) in [5.41, 5.74) is 0.000411. The minimum absolute atomic E-state index is 0.00569. The molecule has 0 unspecified atom stereocenters. The summed E-state index contributed by atoms with van der Waals surface area (Å²) in [5.74, 6) is -0.140. The first kappa shape index (κ1) is 15.5. The fraction of sp³-hybridized carbons (Fsp3) is 0.417. The fourth-order valence-corrected chi connectivity index (χ4v) is 1.50. The van der Waals surface area contributed by atoms with Gasteiger partial charge in [-0.25, -0.2) is 4.79 Å². The van der Waals surface area contributed by atoms with Crippen molar-refractivity contribution in [3.05, 3.63) is 23.2 Å². The Labute approximate surface area is 115 Å². The molecular formula is C12H15ClF2N2O2. The fourth-order valence-electron chi connectivity index (χ4n) is 1.27. The summed E-state index contributed by atoms with van der Waals surface area (Å²) in [5, 5.41) is 5.23. The van der Waals surface area contributed by atoms with Gasteiger partial charge in [0.25, 0.3) is 0 Å². The lowest BCUT2D eigenvalue weighted by Gasteiger charge is -2.20. The van der Waals surface area contributed by atoms with Crippen LogP contribution in [-0.4, -0.2) is 18.2 Å². The van der Waals surface area contributed by atoms with E-state index in [1.165, 1.54) is 18.2 Å². The van der Waals surface area contributed by atoms with E-state index in [1.54, 1.807) is 0 Å². The monoisotopic (exact) mass is 292 g/mol. The highest BCUT2D eigenvalue weighted by atomic mass is 35.5. The second-order valence-electron chi connectivity index (χ2n) is 4.85. The molecule has 2 amide bonds. The maximum Gasteiger partial charge on any atom is 0.387 e. The van der Waals surface area contributed by atoms with E-state index in [-0.39, 0.29) is 16.3 Å². The van der Waals surface area contributed by atoms with Gasteiger partial charge in [0.2, 0.25) is 0 Å². The molecule has 0 radical (unpaired) electrons. The second kappa shape index (κ2) is 6.06. The van der Waals surface area contributed by atoms with Crippen molar-refractivity contribution in [1.82, 2.24) is 5.32 Å². The smallest absolute Gasteiger partial charge is 0.387 e. The molecule has 0 bridgehead atoms. The van der Waals surface area contributed by atoms with Crippen LogP contribution in [0.3, 0.4) is 0 Å². The van der Waals surface area contributed by atoms with E-state index >= 15 is 0 Å². The molecule has 0 aliphatic heterocycles. The van der Waals surface area contributed by atoms with Crippen LogP contribution in [0.2, 0.25) is 5.02 Å². The van der Waals surface area contributed by atoms with Crippen molar-refractivity contribution >= 4 is 23.3 Å². The van der Waals surface area contributed by atoms with Crippen LogP contribution >= 0.6 is 11.6 Å². The molecule has 0 spiro atoms. The third-order valence-electron chi connectivity index (χ3n) is 1.89. The molecule has 2 N–H and O–H groups in total. The van der Waals surface area contributed by atoms with Gasteiger partial charge in [0.05, 0.1) is 5.02 Å². The van der Waals surface area contributed by atoms with Gasteiger partial charge in [0.15, 0.2) is 0 Å².